The summed E-state index contributed by atoms with van der Waals surface area (Å²) in [5.41, 5.74) is 0. The van der Waals surface area contributed by atoms with Crippen molar-refractivity contribution < 1.29 is 14.6 Å². The molecule has 0 saturated carbocycles. The molecule has 1 N–H and O–H groups in total. The monoisotopic (exact) mass is 130 g/mol. The first-order valence-electron chi connectivity index (χ1n) is 2.52. The van der Waals surface area contributed by atoms with Gasteiger partial charge >= 0.3 is 0 Å². The van der Waals surface area contributed by atoms with Crippen LogP contribution in [0.2, 0.25) is 0 Å². The summed E-state index contributed by atoms with van der Waals surface area (Å²) in [6.45, 7) is -0.0463. The largest absolute Gasteiger partial charge is 0.393 e. The first-order chi connectivity index (χ1) is 4.35. The molecule has 9 heavy (non-hydrogen) atoms. The molecular weight excluding hydrogens is 120 g/mol. The number of terminal acetylenes is 1. The van der Waals surface area contributed by atoms with Gasteiger partial charge in [0.15, 0.2) is 0 Å². The fourth-order valence-electron chi connectivity index (χ4n) is 0.304. The van der Waals surface area contributed by atoms with Crippen molar-refractivity contribution in [3.8, 4) is 12.3 Å². The van der Waals surface area contributed by atoms with Crippen LogP contribution in [0.15, 0.2) is 0 Å². The predicted molar refractivity (Wildman–Crippen MR) is 32.7 cm³/mol. The second-order valence-corrected chi connectivity index (χ2v) is 1.41. The van der Waals surface area contributed by atoms with Crippen molar-refractivity contribution in [3.05, 3.63) is 0 Å². The van der Waals surface area contributed by atoms with E-state index in [1.54, 1.807) is 0 Å². The molecule has 0 aliphatic rings. The summed E-state index contributed by atoms with van der Waals surface area (Å²) < 4.78 is 9.33. The van der Waals surface area contributed by atoms with Gasteiger partial charge in [-0.25, -0.2) is 0 Å². The van der Waals surface area contributed by atoms with Crippen LogP contribution in [0.3, 0.4) is 0 Å². The van der Waals surface area contributed by atoms with E-state index < -0.39 is 6.10 Å². The van der Waals surface area contributed by atoms with Crippen LogP contribution in [0.25, 0.3) is 0 Å². The molecule has 0 radical (unpaired) electrons. The highest BCUT2D eigenvalue weighted by Crippen LogP contribution is 1.86. The molecule has 3 nitrogen and oxygen atoms in total. The molecule has 0 spiro atoms. The molecule has 0 aliphatic carbocycles. The Bertz CT molecular complexity index is 95.0. The van der Waals surface area contributed by atoms with Gasteiger partial charge in [0.05, 0.1) is 6.61 Å². The molecule has 0 saturated heterocycles. The fourth-order valence-corrected chi connectivity index (χ4v) is 0.304. The van der Waals surface area contributed by atoms with Crippen molar-refractivity contribution in [2.45, 2.75) is 6.10 Å². The minimum atomic E-state index is -0.537. The third kappa shape index (κ3) is 3.98. The second-order valence-electron chi connectivity index (χ2n) is 1.41. The lowest BCUT2D eigenvalue weighted by molar-refractivity contribution is -0.0660. The third-order valence-electron chi connectivity index (χ3n) is 0.739. The van der Waals surface area contributed by atoms with E-state index in [-0.39, 0.29) is 13.4 Å². The summed E-state index contributed by atoms with van der Waals surface area (Å²) in [6, 6.07) is 0. The van der Waals surface area contributed by atoms with Gasteiger partial charge in [-0.3, -0.25) is 0 Å². The van der Waals surface area contributed by atoms with Gasteiger partial charge in [-0.1, -0.05) is 5.92 Å². The van der Waals surface area contributed by atoms with Crippen molar-refractivity contribution in [2.24, 2.45) is 0 Å². The SMILES string of the molecule is C#CC(CO)OCOC. The fraction of sp³-hybridized carbons (Fsp3) is 0.667. The van der Waals surface area contributed by atoms with Gasteiger partial charge < -0.3 is 14.6 Å². The Kier molecular flexibility index (Phi) is 5.23. The summed E-state index contributed by atoms with van der Waals surface area (Å²) in [6.07, 6.45) is 4.40. The lowest BCUT2D eigenvalue weighted by Crippen LogP contribution is -2.16. The van der Waals surface area contributed by atoms with Crippen molar-refractivity contribution >= 4 is 0 Å². The van der Waals surface area contributed by atoms with E-state index >= 15 is 0 Å². The maximum atomic E-state index is 8.43. The summed E-state index contributed by atoms with van der Waals surface area (Å²) in [5, 5.41) is 8.43. The zero-order valence-electron chi connectivity index (χ0n) is 5.33. The first-order valence-corrected chi connectivity index (χ1v) is 2.52. The van der Waals surface area contributed by atoms with Gasteiger partial charge in [0.1, 0.15) is 12.9 Å². The Morgan fingerprint density at radius 1 is 1.78 bits per heavy atom. The predicted octanol–water partition coefficient (Wildman–Crippen LogP) is -0.399. The van der Waals surface area contributed by atoms with Gasteiger partial charge in [-0.05, 0) is 0 Å². The molecule has 1 atom stereocenters. The van der Waals surface area contributed by atoms with Gasteiger partial charge in [0.2, 0.25) is 0 Å². The maximum Gasteiger partial charge on any atom is 0.148 e. The Hall–Kier alpha value is -0.560. The molecule has 0 aliphatic heterocycles. The van der Waals surface area contributed by atoms with E-state index in [2.05, 4.69) is 10.7 Å². The molecule has 0 rings (SSSR count). The molecule has 0 bridgehead atoms. The van der Waals surface area contributed by atoms with Crippen molar-refractivity contribution in [1.82, 2.24) is 0 Å². The molecule has 52 valence electrons. The number of ether oxygens (including phenoxy) is 2. The molecule has 0 aromatic rings. The molecule has 0 aromatic carbocycles. The summed E-state index contributed by atoms with van der Waals surface area (Å²) in [5.74, 6) is 2.23. The number of aliphatic hydroxyl groups is 1. The van der Waals surface area contributed by atoms with Gasteiger partial charge in [-0.2, -0.15) is 0 Å². The average Bonchev–Trinajstić information content (AvgIpc) is 1.91. The van der Waals surface area contributed by atoms with E-state index in [0.717, 1.165) is 0 Å². The Morgan fingerprint density at radius 2 is 2.44 bits per heavy atom. The second kappa shape index (κ2) is 5.57. The molecule has 1 unspecified atom stereocenters. The third-order valence-corrected chi connectivity index (χ3v) is 0.739. The molecule has 0 aromatic heterocycles. The number of hydrogen-bond acceptors (Lipinski definition) is 3. The summed E-state index contributed by atoms with van der Waals surface area (Å²) in [7, 11) is 1.49. The van der Waals surface area contributed by atoms with Crippen molar-refractivity contribution in [3.63, 3.8) is 0 Å². The lowest BCUT2D eigenvalue weighted by Gasteiger charge is -2.06. The quantitative estimate of drug-likeness (QED) is 0.415. The Labute approximate surface area is 54.6 Å². The van der Waals surface area contributed by atoms with Crippen molar-refractivity contribution in [1.29, 1.82) is 0 Å². The Balaban J connectivity index is 3.23. The van der Waals surface area contributed by atoms with E-state index in [1.165, 1.54) is 7.11 Å². The summed E-state index contributed by atoms with van der Waals surface area (Å²) in [4.78, 5) is 0. The van der Waals surface area contributed by atoms with Crippen LogP contribution in [-0.4, -0.2) is 31.7 Å². The molecule has 0 amide bonds. The van der Waals surface area contributed by atoms with E-state index in [4.69, 9.17) is 16.3 Å². The van der Waals surface area contributed by atoms with E-state index in [1.807, 2.05) is 0 Å². The number of aliphatic hydroxyl groups excluding tert-OH is 1. The Morgan fingerprint density at radius 3 is 2.78 bits per heavy atom. The van der Waals surface area contributed by atoms with Crippen LogP contribution in [0.5, 0.6) is 0 Å². The zero-order chi connectivity index (χ0) is 7.11. The van der Waals surface area contributed by atoms with Crippen LogP contribution < -0.4 is 0 Å². The van der Waals surface area contributed by atoms with Crippen LogP contribution >= 0.6 is 0 Å². The first kappa shape index (κ1) is 8.44. The zero-order valence-corrected chi connectivity index (χ0v) is 5.33. The van der Waals surface area contributed by atoms with Crippen molar-refractivity contribution in [2.75, 3.05) is 20.5 Å². The highest BCUT2D eigenvalue weighted by Gasteiger charge is 1.99. The van der Waals surface area contributed by atoms with E-state index in [0.29, 0.717) is 0 Å². The molecule has 3 heteroatoms. The maximum absolute atomic E-state index is 8.43. The standard InChI is InChI=1S/C6H10O3/c1-3-6(4-7)9-5-8-2/h1,6-7H,4-5H2,2H3. The van der Waals surface area contributed by atoms with Gasteiger partial charge in [0.25, 0.3) is 0 Å². The van der Waals surface area contributed by atoms with Crippen LogP contribution in [0.4, 0.5) is 0 Å². The molecule has 0 fully saturated rings. The highest BCUT2D eigenvalue weighted by atomic mass is 16.7. The van der Waals surface area contributed by atoms with E-state index in [9.17, 15) is 0 Å². The molecule has 0 heterocycles. The minimum absolute atomic E-state index is 0.120. The number of rotatable bonds is 4. The average molecular weight is 130 g/mol. The smallest absolute Gasteiger partial charge is 0.148 e. The van der Waals surface area contributed by atoms with Gasteiger partial charge in [0, 0.05) is 7.11 Å². The normalized spacial score (nSPS) is 12.6. The number of hydrogen-bond donors (Lipinski definition) is 1. The van der Waals surface area contributed by atoms with Crippen LogP contribution in [0, 0.1) is 12.3 Å². The highest BCUT2D eigenvalue weighted by molar-refractivity contribution is 4.93. The topological polar surface area (TPSA) is 38.7 Å². The minimum Gasteiger partial charge on any atom is -0.393 e. The van der Waals surface area contributed by atoms with Gasteiger partial charge in [-0.15, -0.1) is 6.42 Å². The lowest BCUT2D eigenvalue weighted by atomic mass is 10.4. The van der Waals surface area contributed by atoms with Crippen LogP contribution in [-0.2, 0) is 9.47 Å². The van der Waals surface area contributed by atoms with Crippen LogP contribution in [0.1, 0.15) is 0 Å². The molecular formula is C6H10O3. The summed E-state index contributed by atoms with van der Waals surface area (Å²) >= 11 is 0. The number of methoxy groups -OCH3 is 1.